The second-order valence-electron chi connectivity index (χ2n) is 6.41. The van der Waals surface area contributed by atoms with Crippen LogP contribution in [0.2, 0.25) is 0 Å². The van der Waals surface area contributed by atoms with E-state index in [-0.39, 0.29) is 0 Å². The molecule has 146 valence electrons. The number of nitrogens with zero attached hydrogens (tertiary/aromatic N) is 4. The van der Waals surface area contributed by atoms with Crippen LogP contribution in [-0.2, 0) is 0 Å². The number of benzene rings is 2. The van der Waals surface area contributed by atoms with E-state index < -0.39 is 0 Å². The number of fused-ring (bicyclic) bond motifs is 2. The molecule has 0 unspecified atom stereocenters. The van der Waals surface area contributed by atoms with Crippen molar-refractivity contribution in [2.45, 2.75) is 0 Å². The first-order chi connectivity index (χ1) is 14.3. The average Bonchev–Trinajstić information content (AvgIpc) is 3.22. The van der Waals surface area contributed by atoms with E-state index in [0.717, 1.165) is 22.6 Å². The zero-order valence-electron chi connectivity index (χ0n) is 16.0. The monoisotopic (exact) mass is 390 g/mol. The van der Waals surface area contributed by atoms with Crippen LogP contribution in [0.5, 0.6) is 23.0 Å². The van der Waals surface area contributed by atoms with Crippen LogP contribution in [0.1, 0.15) is 0 Å². The first kappa shape index (κ1) is 17.3. The quantitative estimate of drug-likeness (QED) is 0.529. The molecule has 8 heteroatoms. The summed E-state index contributed by atoms with van der Waals surface area (Å²) in [6.07, 6.45) is 1.71. The Morgan fingerprint density at radius 3 is 2.48 bits per heavy atom. The molecule has 4 aromatic rings. The van der Waals surface area contributed by atoms with E-state index in [2.05, 4.69) is 15.1 Å². The van der Waals surface area contributed by atoms with Crippen molar-refractivity contribution in [2.75, 3.05) is 27.4 Å². The van der Waals surface area contributed by atoms with E-state index >= 15 is 0 Å². The number of hydrogen-bond donors (Lipinski definition) is 0. The van der Waals surface area contributed by atoms with Crippen LogP contribution in [0, 0.1) is 0 Å². The predicted molar refractivity (Wildman–Crippen MR) is 106 cm³/mol. The highest BCUT2D eigenvalue weighted by Crippen LogP contribution is 2.35. The van der Waals surface area contributed by atoms with Crippen molar-refractivity contribution in [3.05, 3.63) is 48.7 Å². The molecule has 0 atom stereocenters. The molecule has 0 saturated heterocycles. The van der Waals surface area contributed by atoms with Crippen LogP contribution in [0.25, 0.3) is 28.4 Å². The lowest BCUT2D eigenvalue weighted by Crippen LogP contribution is -2.15. The Kier molecular flexibility index (Phi) is 4.16. The van der Waals surface area contributed by atoms with Gasteiger partial charge in [0.25, 0.3) is 5.78 Å². The van der Waals surface area contributed by atoms with Gasteiger partial charge in [0.05, 0.1) is 19.9 Å². The van der Waals surface area contributed by atoms with Gasteiger partial charge in [0, 0.05) is 17.3 Å². The molecule has 1 aliphatic heterocycles. The lowest BCUT2D eigenvalue weighted by molar-refractivity contribution is 0.171. The van der Waals surface area contributed by atoms with Crippen LogP contribution >= 0.6 is 0 Å². The van der Waals surface area contributed by atoms with Crippen LogP contribution in [-0.4, -0.2) is 47.0 Å². The fraction of sp³-hybridized carbons (Fsp3) is 0.190. The summed E-state index contributed by atoms with van der Waals surface area (Å²) in [4.78, 5) is 8.94. The lowest BCUT2D eigenvalue weighted by Gasteiger charge is -2.18. The minimum atomic E-state index is 0.502. The van der Waals surface area contributed by atoms with Gasteiger partial charge in [-0.2, -0.15) is 9.50 Å². The number of hydrogen-bond acceptors (Lipinski definition) is 7. The van der Waals surface area contributed by atoms with E-state index in [4.69, 9.17) is 18.9 Å². The van der Waals surface area contributed by atoms with Crippen LogP contribution in [0.3, 0.4) is 0 Å². The zero-order valence-corrected chi connectivity index (χ0v) is 16.0. The molecule has 1 aliphatic rings. The standard InChI is InChI=1S/C21H18N4O4/c1-26-16-5-3-13(11-18(16)27-2)15-7-8-22-21-23-20(24-25(15)21)14-4-6-17-19(12-14)29-10-9-28-17/h3-8,11-12H,9-10H2,1-2H3. The maximum absolute atomic E-state index is 5.67. The number of rotatable bonds is 4. The number of aromatic nitrogens is 4. The molecule has 0 aliphatic carbocycles. The van der Waals surface area contributed by atoms with Crippen molar-refractivity contribution in [1.82, 2.24) is 19.6 Å². The normalized spacial score (nSPS) is 12.8. The SMILES string of the molecule is COc1ccc(-c2ccnc3nc(-c4ccc5c(c4)OCCO5)nn23)cc1OC. The van der Waals surface area contributed by atoms with Gasteiger partial charge in [-0.3, -0.25) is 0 Å². The summed E-state index contributed by atoms with van der Waals surface area (Å²) in [7, 11) is 3.22. The van der Waals surface area contributed by atoms with Gasteiger partial charge < -0.3 is 18.9 Å². The molecule has 0 radical (unpaired) electrons. The molecule has 0 saturated carbocycles. The summed E-state index contributed by atoms with van der Waals surface area (Å²) in [5.41, 5.74) is 2.58. The molecule has 0 fully saturated rings. The summed E-state index contributed by atoms with van der Waals surface area (Å²) in [5, 5.41) is 4.68. The smallest absolute Gasteiger partial charge is 0.253 e. The van der Waals surface area contributed by atoms with Crippen molar-refractivity contribution in [3.8, 4) is 45.6 Å². The van der Waals surface area contributed by atoms with Crippen molar-refractivity contribution in [3.63, 3.8) is 0 Å². The zero-order chi connectivity index (χ0) is 19.8. The summed E-state index contributed by atoms with van der Waals surface area (Å²) >= 11 is 0. The van der Waals surface area contributed by atoms with Gasteiger partial charge in [-0.25, -0.2) is 4.98 Å². The maximum atomic E-state index is 5.67. The van der Waals surface area contributed by atoms with Crippen LogP contribution in [0.15, 0.2) is 48.7 Å². The largest absolute Gasteiger partial charge is 0.493 e. The average molecular weight is 390 g/mol. The van der Waals surface area contributed by atoms with Gasteiger partial charge in [-0.15, -0.1) is 5.10 Å². The van der Waals surface area contributed by atoms with E-state index in [9.17, 15) is 0 Å². The van der Waals surface area contributed by atoms with Gasteiger partial charge in [0.2, 0.25) is 0 Å². The molecule has 2 aromatic carbocycles. The van der Waals surface area contributed by atoms with E-state index in [1.165, 1.54) is 0 Å². The number of methoxy groups -OCH3 is 2. The van der Waals surface area contributed by atoms with Gasteiger partial charge in [-0.05, 0) is 42.5 Å². The third-order valence-electron chi connectivity index (χ3n) is 4.72. The van der Waals surface area contributed by atoms with Crippen LogP contribution < -0.4 is 18.9 Å². The van der Waals surface area contributed by atoms with Gasteiger partial charge in [-0.1, -0.05) is 0 Å². The Hall–Kier alpha value is -3.81. The minimum absolute atomic E-state index is 0.502. The van der Waals surface area contributed by atoms with Gasteiger partial charge in [0.1, 0.15) is 13.2 Å². The van der Waals surface area contributed by atoms with Gasteiger partial charge >= 0.3 is 0 Å². The molecule has 8 nitrogen and oxygen atoms in total. The molecule has 2 aromatic heterocycles. The maximum Gasteiger partial charge on any atom is 0.253 e. The molecule has 0 amide bonds. The summed E-state index contributed by atoms with van der Waals surface area (Å²) in [6.45, 7) is 1.08. The minimum Gasteiger partial charge on any atom is -0.493 e. The number of ether oxygens (including phenoxy) is 4. The molecule has 29 heavy (non-hydrogen) atoms. The third-order valence-corrected chi connectivity index (χ3v) is 4.72. The van der Waals surface area contributed by atoms with E-state index in [1.54, 1.807) is 24.9 Å². The van der Waals surface area contributed by atoms with E-state index in [1.807, 2.05) is 42.5 Å². The molecular weight excluding hydrogens is 372 g/mol. The molecule has 0 bridgehead atoms. The molecule has 3 heterocycles. The Bertz CT molecular complexity index is 1200. The Morgan fingerprint density at radius 1 is 0.862 bits per heavy atom. The first-order valence-electron chi connectivity index (χ1n) is 9.11. The van der Waals surface area contributed by atoms with E-state index in [0.29, 0.717) is 42.1 Å². The fourth-order valence-corrected chi connectivity index (χ4v) is 3.31. The van der Waals surface area contributed by atoms with Crippen molar-refractivity contribution < 1.29 is 18.9 Å². The Labute approximate surface area is 166 Å². The van der Waals surface area contributed by atoms with Gasteiger partial charge in [0.15, 0.2) is 28.8 Å². The lowest BCUT2D eigenvalue weighted by atomic mass is 10.1. The summed E-state index contributed by atoms with van der Waals surface area (Å²) in [6, 6.07) is 13.3. The highest BCUT2D eigenvalue weighted by molar-refractivity contribution is 5.67. The molecular formula is C21H18N4O4. The second kappa shape index (κ2) is 6.97. The molecule has 0 N–H and O–H groups in total. The summed E-state index contributed by atoms with van der Waals surface area (Å²) in [5.74, 6) is 3.79. The summed E-state index contributed by atoms with van der Waals surface area (Å²) < 4.78 is 23.7. The predicted octanol–water partition coefficient (Wildman–Crippen LogP) is 3.25. The Balaban J connectivity index is 1.60. The van der Waals surface area contributed by atoms with Crippen LogP contribution in [0.4, 0.5) is 0 Å². The van der Waals surface area contributed by atoms with Crippen molar-refractivity contribution in [2.24, 2.45) is 0 Å². The van der Waals surface area contributed by atoms with Crippen molar-refractivity contribution >= 4 is 5.78 Å². The molecule has 5 rings (SSSR count). The fourth-order valence-electron chi connectivity index (χ4n) is 3.31. The van der Waals surface area contributed by atoms with Crippen molar-refractivity contribution in [1.29, 1.82) is 0 Å². The Morgan fingerprint density at radius 2 is 1.66 bits per heavy atom. The highest BCUT2D eigenvalue weighted by Gasteiger charge is 2.17. The topological polar surface area (TPSA) is 80.0 Å². The highest BCUT2D eigenvalue weighted by atomic mass is 16.6. The third kappa shape index (κ3) is 2.98. The first-order valence-corrected chi connectivity index (χ1v) is 9.11. The second-order valence-corrected chi connectivity index (χ2v) is 6.41. The molecule has 0 spiro atoms.